The number of nitrogens with one attached hydrogen (secondary N) is 1. The van der Waals surface area contributed by atoms with E-state index in [9.17, 15) is 0 Å². The minimum absolute atomic E-state index is 0.854. The lowest BCUT2D eigenvalue weighted by Crippen LogP contribution is -1.98. The molecule has 5 heteroatoms. The molecule has 0 atom stereocenters. The second kappa shape index (κ2) is 4.72. The molecule has 1 N–H and O–H groups in total. The second-order valence-electron chi connectivity index (χ2n) is 3.00. The first-order valence-corrected chi connectivity index (χ1v) is 6.16. The van der Waals surface area contributed by atoms with Crippen LogP contribution in [0.1, 0.15) is 6.92 Å². The van der Waals surface area contributed by atoms with Gasteiger partial charge in [-0.3, -0.25) is 0 Å². The van der Waals surface area contributed by atoms with Crippen molar-refractivity contribution < 1.29 is 0 Å². The van der Waals surface area contributed by atoms with Gasteiger partial charge in [-0.25, -0.2) is 0 Å². The van der Waals surface area contributed by atoms with Gasteiger partial charge in [0, 0.05) is 16.6 Å². The minimum atomic E-state index is 0.854. The van der Waals surface area contributed by atoms with E-state index in [0.29, 0.717) is 0 Å². The van der Waals surface area contributed by atoms with Crippen LogP contribution in [0.3, 0.4) is 0 Å². The monoisotopic (exact) mass is 283 g/mol. The van der Waals surface area contributed by atoms with Gasteiger partial charge in [0.15, 0.2) is 5.82 Å². The number of hydrogen-bond donors (Lipinski definition) is 1. The highest BCUT2D eigenvalue weighted by molar-refractivity contribution is 9.10. The van der Waals surface area contributed by atoms with Gasteiger partial charge in [-0.05, 0) is 19.1 Å². The number of nitrogens with zero attached hydrogens (tertiary/aromatic N) is 2. The predicted octanol–water partition coefficient (Wildman–Crippen LogP) is 3.40. The molecule has 1 heterocycles. The van der Waals surface area contributed by atoms with Gasteiger partial charge >= 0.3 is 0 Å². The lowest BCUT2D eigenvalue weighted by molar-refractivity contribution is 1.19. The maximum absolute atomic E-state index is 4.29. The molecule has 0 bridgehead atoms. The van der Waals surface area contributed by atoms with Crippen LogP contribution in [0.2, 0.25) is 0 Å². The molecule has 1 aromatic carbocycles. The van der Waals surface area contributed by atoms with E-state index in [1.165, 1.54) is 11.7 Å². The summed E-state index contributed by atoms with van der Waals surface area (Å²) in [6.45, 7) is 2.90. The number of halogens is 1. The Morgan fingerprint density at radius 2 is 2.27 bits per heavy atom. The maximum atomic E-state index is 4.29. The smallest absolute Gasteiger partial charge is 0.168 e. The summed E-state index contributed by atoms with van der Waals surface area (Å²) in [5.74, 6) is 0.862. The van der Waals surface area contributed by atoms with E-state index in [4.69, 9.17) is 0 Å². The average molecular weight is 284 g/mol. The summed E-state index contributed by atoms with van der Waals surface area (Å²) in [6.07, 6.45) is 0. The quantitative estimate of drug-likeness (QED) is 0.938. The standard InChI is InChI=1S/C10H10BrN3S/c1-2-12-10-9(13-15-14-10)7-4-3-5-8(11)6-7/h3-6H,2H2,1H3,(H,12,14). The molecule has 0 fully saturated rings. The number of benzene rings is 1. The van der Waals surface area contributed by atoms with Crippen molar-refractivity contribution in [3.63, 3.8) is 0 Å². The zero-order valence-corrected chi connectivity index (χ0v) is 10.6. The van der Waals surface area contributed by atoms with Crippen LogP contribution in [0.4, 0.5) is 5.82 Å². The Kier molecular flexibility index (Phi) is 3.33. The molecule has 0 unspecified atom stereocenters. The van der Waals surface area contributed by atoms with E-state index in [2.05, 4.69) is 30.0 Å². The predicted molar refractivity (Wildman–Crippen MR) is 67.2 cm³/mol. The van der Waals surface area contributed by atoms with Gasteiger partial charge in [0.1, 0.15) is 5.69 Å². The Balaban J connectivity index is 2.40. The highest BCUT2D eigenvalue weighted by Crippen LogP contribution is 2.27. The zero-order valence-electron chi connectivity index (χ0n) is 8.20. The van der Waals surface area contributed by atoms with Gasteiger partial charge in [0.25, 0.3) is 0 Å². The van der Waals surface area contributed by atoms with Crippen molar-refractivity contribution in [3.05, 3.63) is 28.7 Å². The van der Waals surface area contributed by atoms with E-state index in [-0.39, 0.29) is 0 Å². The molecule has 0 aliphatic rings. The van der Waals surface area contributed by atoms with Crippen molar-refractivity contribution in [3.8, 4) is 11.3 Å². The van der Waals surface area contributed by atoms with Crippen molar-refractivity contribution >= 4 is 33.5 Å². The first-order chi connectivity index (χ1) is 7.31. The van der Waals surface area contributed by atoms with Gasteiger partial charge in [0.2, 0.25) is 0 Å². The first kappa shape index (κ1) is 10.6. The molecule has 78 valence electrons. The van der Waals surface area contributed by atoms with Crippen molar-refractivity contribution in [2.75, 3.05) is 11.9 Å². The molecular weight excluding hydrogens is 274 g/mol. The van der Waals surface area contributed by atoms with Crippen LogP contribution in [0.15, 0.2) is 28.7 Å². The van der Waals surface area contributed by atoms with Crippen molar-refractivity contribution in [1.82, 2.24) is 8.75 Å². The number of rotatable bonds is 3. The van der Waals surface area contributed by atoms with E-state index in [1.807, 2.05) is 31.2 Å². The molecule has 0 aliphatic heterocycles. The molecule has 0 spiro atoms. The zero-order chi connectivity index (χ0) is 10.7. The third-order valence-corrected chi connectivity index (χ3v) is 2.95. The highest BCUT2D eigenvalue weighted by atomic mass is 79.9. The summed E-state index contributed by atoms with van der Waals surface area (Å²) in [5.41, 5.74) is 2.00. The van der Waals surface area contributed by atoms with Gasteiger partial charge in [-0.1, -0.05) is 28.1 Å². The fourth-order valence-corrected chi connectivity index (χ4v) is 2.24. The lowest BCUT2D eigenvalue weighted by atomic mass is 10.1. The molecule has 0 saturated heterocycles. The number of hydrogen-bond acceptors (Lipinski definition) is 4. The van der Waals surface area contributed by atoms with Gasteiger partial charge in [-0.15, -0.1) is 0 Å². The molecule has 15 heavy (non-hydrogen) atoms. The molecule has 0 aliphatic carbocycles. The van der Waals surface area contributed by atoms with Crippen LogP contribution >= 0.6 is 27.7 Å². The minimum Gasteiger partial charge on any atom is -0.368 e. The highest BCUT2D eigenvalue weighted by Gasteiger charge is 2.09. The summed E-state index contributed by atoms with van der Waals surface area (Å²) in [4.78, 5) is 0. The second-order valence-corrected chi connectivity index (χ2v) is 4.45. The first-order valence-electron chi connectivity index (χ1n) is 4.63. The fraction of sp³-hybridized carbons (Fsp3) is 0.200. The normalized spacial score (nSPS) is 10.3. The molecule has 0 radical (unpaired) electrons. The van der Waals surface area contributed by atoms with Gasteiger partial charge in [0.05, 0.1) is 11.7 Å². The van der Waals surface area contributed by atoms with Gasteiger partial charge < -0.3 is 5.32 Å². The van der Waals surface area contributed by atoms with E-state index in [0.717, 1.165) is 28.1 Å². The largest absolute Gasteiger partial charge is 0.368 e. The van der Waals surface area contributed by atoms with Crippen LogP contribution in [-0.2, 0) is 0 Å². The SMILES string of the molecule is CCNc1nsnc1-c1cccc(Br)c1. The van der Waals surface area contributed by atoms with Crippen LogP contribution in [-0.4, -0.2) is 15.3 Å². The Morgan fingerprint density at radius 3 is 3.00 bits per heavy atom. The average Bonchev–Trinajstić information content (AvgIpc) is 2.66. The Bertz CT molecular complexity index is 455. The summed E-state index contributed by atoms with van der Waals surface area (Å²) >= 11 is 4.68. The van der Waals surface area contributed by atoms with E-state index < -0.39 is 0 Å². The van der Waals surface area contributed by atoms with Crippen molar-refractivity contribution in [2.45, 2.75) is 6.92 Å². The topological polar surface area (TPSA) is 37.8 Å². The van der Waals surface area contributed by atoms with Gasteiger partial charge in [-0.2, -0.15) is 8.75 Å². The molecule has 0 amide bonds. The van der Waals surface area contributed by atoms with E-state index in [1.54, 1.807) is 0 Å². The molecule has 1 aromatic heterocycles. The number of aromatic nitrogens is 2. The van der Waals surface area contributed by atoms with E-state index >= 15 is 0 Å². The van der Waals surface area contributed by atoms with Crippen LogP contribution in [0.5, 0.6) is 0 Å². The molecular formula is C10H10BrN3S. The molecule has 2 aromatic rings. The summed E-state index contributed by atoms with van der Waals surface area (Å²) in [5, 5.41) is 3.20. The maximum Gasteiger partial charge on any atom is 0.168 e. The van der Waals surface area contributed by atoms with Crippen molar-refractivity contribution in [2.24, 2.45) is 0 Å². The Hall–Kier alpha value is -0.940. The van der Waals surface area contributed by atoms with Crippen molar-refractivity contribution in [1.29, 1.82) is 0 Å². The molecule has 3 nitrogen and oxygen atoms in total. The summed E-state index contributed by atoms with van der Waals surface area (Å²) in [6, 6.07) is 8.06. The lowest BCUT2D eigenvalue weighted by Gasteiger charge is -2.02. The molecule has 2 rings (SSSR count). The summed E-state index contributed by atoms with van der Waals surface area (Å²) < 4.78 is 9.56. The number of anilines is 1. The third kappa shape index (κ3) is 2.35. The molecule has 0 saturated carbocycles. The van der Waals surface area contributed by atoms with Crippen LogP contribution < -0.4 is 5.32 Å². The Labute approximate surface area is 101 Å². The Morgan fingerprint density at radius 1 is 1.40 bits per heavy atom. The summed E-state index contributed by atoms with van der Waals surface area (Å²) in [7, 11) is 0. The van der Waals surface area contributed by atoms with Crippen LogP contribution in [0.25, 0.3) is 11.3 Å². The van der Waals surface area contributed by atoms with Crippen LogP contribution in [0, 0.1) is 0 Å². The third-order valence-electron chi connectivity index (χ3n) is 1.93. The fourth-order valence-electron chi connectivity index (χ4n) is 1.30.